The molecule has 1 aliphatic rings. The monoisotopic (exact) mass is 250 g/mol. The van der Waals surface area contributed by atoms with Gasteiger partial charge in [0.2, 0.25) is 0 Å². The van der Waals surface area contributed by atoms with Crippen LogP contribution in [0.1, 0.15) is 26.2 Å². The zero-order valence-corrected chi connectivity index (χ0v) is 10.9. The number of hydrogen-bond acceptors (Lipinski definition) is 1. The van der Waals surface area contributed by atoms with Crippen molar-refractivity contribution in [3.8, 4) is 12.3 Å². The van der Waals surface area contributed by atoms with E-state index in [1.807, 2.05) is 19.1 Å². The summed E-state index contributed by atoms with van der Waals surface area (Å²) < 4.78 is 6.00. The molecule has 0 amide bonds. The lowest BCUT2D eigenvalue weighted by molar-refractivity contribution is 0.0129. The summed E-state index contributed by atoms with van der Waals surface area (Å²) in [6.07, 6.45) is 19.8. The quantitative estimate of drug-likeness (QED) is 0.420. The molecule has 3 atom stereocenters. The second-order valence-electron chi connectivity index (χ2n) is 4.00. The van der Waals surface area contributed by atoms with Crippen molar-refractivity contribution >= 4 is 11.6 Å². The molecule has 0 spiro atoms. The maximum Gasteiger partial charge on any atom is 0.0794 e. The Morgan fingerprint density at radius 1 is 1.47 bits per heavy atom. The van der Waals surface area contributed by atoms with Gasteiger partial charge in [0.05, 0.1) is 17.6 Å². The molecule has 1 nitrogen and oxygen atoms in total. The molecular weight excluding hydrogens is 232 g/mol. The lowest BCUT2D eigenvalue weighted by Crippen LogP contribution is -2.29. The fourth-order valence-corrected chi connectivity index (χ4v) is 2.05. The van der Waals surface area contributed by atoms with Crippen LogP contribution < -0.4 is 0 Å². The van der Waals surface area contributed by atoms with Gasteiger partial charge in [-0.15, -0.1) is 18.0 Å². The van der Waals surface area contributed by atoms with Gasteiger partial charge in [0.25, 0.3) is 0 Å². The Bertz CT molecular complexity index is 335. The van der Waals surface area contributed by atoms with Crippen LogP contribution in [-0.4, -0.2) is 17.6 Å². The summed E-state index contributed by atoms with van der Waals surface area (Å²) in [6.45, 7) is 2.00. The van der Waals surface area contributed by atoms with Crippen molar-refractivity contribution in [2.45, 2.75) is 43.8 Å². The zero-order chi connectivity index (χ0) is 12.5. The van der Waals surface area contributed by atoms with Gasteiger partial charge in [-0.2, -0.15) is 0 Å². The summed E-state index contributed by atoms with van der Waals surface area (Å²) >= 11 is 6.32. The Balaban J connectivity index is 2.66. The maximum absolute atomic E-state index is 6.32. The SMILES string of the molecule is C#C/C=C/CC1OC(/C=C/C)C/C=C\CC1Cl. The Hall–Kier alpha value is -0.970. The highest BCUT2D eigenvalue weighted by molar-refractivity contribution is 6.21. The van der Waals surface area contributed by atoms with Gasteiger partial charge in [-0.05, 0) is 32.3 Å². The molecule has 0 saturated heterocycles. The molecule has 0 aliphatic carbocycles. The predicted molar refractivity (Wildman–Crippen MR) is 74.1 cm³/mol. The van der Waals surface area contributed by atoms with Crippen molar-refractivity contribution < 1.29 is 4.74 Å². The minimum atomic E-state index is 0.00160. The molecule has 0 radical (unpaired) electrons. The van der Waals surface area contributed by atoms with E-state index in [0.717, 1.165) is 19.3 Å². The van der Waals surface area contributed by atoms with Crippen molar-refractivity contribution in [1.29, 1.82) is 0 Å². The topological polar surface area (TPSA) is 9.23 Å². The molecular formula is C15H19ClO. The number of allylic oxidation sites excluding steroid dienone is 3. The van der Waals surface area contributed by atoms with Crippen LogP contribution in [0.2, 0.25) is 0 Å². The smallest absolute Gasteiger partial charge is 0.0794 e. The molecule has 0 bridgehead atoms. The van der Waals surface area contributed by atoms with Gasteiger partial charge in [0.1, 0.15) is 0 Å². The van der Waals surface area contributed by atoms with Crippen LogP contribution in [0, 0.1) is 12.3 Å². The van der Waals surface area contributed by atoms with Gasteiger partial charge in [0, 0.05) is 0 Å². The van der Waals surface area contributed by atoms with E-state index in [2.05, 4.69) is 24.1 Å². The van der Waals surface area contributed by atoms with E-state index < -0.39 is 0 Å². The molecule has 0 aromatic carbocycles. The van der Waals surface area contributed by atoms with E-state index >= 15 is 0 Å². The predicted octanol–water partition coefficient (Wildman–Crippen LogP) is 3.85. The van der Waals surface area contributed by atoms with E-state index in [1.165, 1.54) is 0 Å². The lowest BCUT2D eigenvalue weighted by atomic mass is 10.1. The minimum Gasteiger partial charge on any atom is -0.369 e. The van der Waals surface area contributed by atoms with Crippen LogP contribution >= 0.6 is 11.6 Å². The third-order valence-corrected chi connectivity index (χ3v) is 3.10. The summed E-state index contributed by atoms with van der Waals surface area (Å²) in [5, 5.41) is 0.00160. The number of alkyl halides is 1. The molecule has 92 valence electrons. The van der Waals surface area contributed by atoms with Crippen molar-refractivity contribution in [2.75, 3.05) is 0 Å². The van der Waals surface area contributed by atoms with Crippen LogP contribution in [0.25, 0.3) is 0 Å². The molecule has 2 heteroatoms. The molecule has 1 aliphatic heterocycles. The van der Waals surface area contributed by atoms with Crippen LogP contribution in [-0.2, 0) is 4.74 Å². The highest BCUT2D eigenvalue weighted by Gasteiger charge is 2.22. The highest BCUT2D eigenvalue weighted by Crippen LogP contribution is 2.22. The van der Waals surface area contributed by atoms with E-state index in [-0.39, 0.29) is 17.6 Å². The fraction of sp³-hybridized carbons (Fsp3) is 0.467. The first-order chi connectivity index (χ1) is 8.27. The van der Waals surface area contributed by atoms with Crippen LogP contribution in [0.5, 0.6) is 0 Å². The Morgan fingerprint density at radius 2 is 2.24 bits per heavy atom. The van der Waals surface area contributed by atoms with Crippen molar-refractivity contribution in [3.63, 3.8) is 0 Å². The molecule has 0 saturated carbocycles. The standard InChI is InChI=1S/C15H19ClO/c1-3-5-6-12-15-14(16)11-8-7-10-13(17-15)9-4-2/h1,4-9,13-15H,10-12H2,2H3/b6-5+,8-7-,9-4+. The molecule has 0 N–H and O–H groups in total. The van der Waals surface area contributed by atoms with Gasteiger partial charge in [0.15, 0.2) is 0 Å². The van der Waals surface area contributed by atoms with Crippen LogP contribution in [0.15, 0.2) is 36.5 Å². The minimum absolute atomic E-state index is 0.00160. The molecule has 0 fully saturated rings. The second-order valence-corrected chi connectivity index (χ2v) is 4.56. The molecule has 1 heterocycles. The molecule has 17 heavy (non-hydrogen) atoms. The third kappa shape index (κ3) is 5.26. The molecule has 1 rings (SSSR count). The van der Waals surface area contributed by atoms with Gasteiger partial charge in [-0.3, -0.25) is 0 Å². The first-order valence-electron chi connectivity index (χ1n) is 5.96. The van der Waals surface area contributed by atoms with Crippen molar-refractivity contribution in [2.24, 2.45) is 0 Å². The number of hydrogen-bond donors (Lipinski definition) is 0. The zero-order valence-electron chi connectivity index (χ0n) is 10.2. The van der Waals surface area contributed by atoms with E-state index in [9.17, 15) is 0 Å². The summed E-state index contributed by atoms with van der Waals surface area (Å²) in [5.41, 5.74) is 0. The summed E-state index contributed by atoms with van der Waals surface area (Å²) in [6, 6.07) is 0. The van der Waals surface area contributed by atoms with Gasteiger partial charge >= 0.3 is 0 Å². The van der Waals surface area contributed by atoms with Crippen molar-refractivity contribution in [1.82, 2.24) is 0 Å². The molecule has 3 unspecified atom stereocenters. The number of ether oxygens (including phenoxy) is 1. The van der Waals surface area contributed by atoms with Crippen molar-refractivity contribution in [3.05, 3.63) is 36.5 Å². The molecule has 0 aromatic rings. The van der Waals surface area contributed by atoms with Gasteiger partial charge in [-0.1, -0.05) is 36.3 Å². The summed E-state index contributed by atoms with van der Waals surface area (Å²) in [5.74, 6) is 2.48. The van der Waals surface area contributed by atoms with E-state index in [4.69, 9.17) is 22.8 Å². The van der Waals surface area contributed by atoms with Gasteiger partial charge in [-0.25, -0.2) is 0 Å². The van der Waals surface area contributed by atoms with Crippen LogP contribution in [0.4, 0.5) is 0 Å². The van der Waals surface area contributed by atoms with E-state index in [0.29, 0.717) is 0 Å². The Kier molecular flexibility index (Phi) is 6.77. The first kappa shape index (κ1) is 14.1. The Labute approximate surface area is 109 Å². The second kappa shape index (κ2) is 8.17. The fourth-order valence-electron chi connectivity index (χ4n) is 1.79. The lowest BCUT2D eigenvalue weighted by Gasteiger charge is -2.26. The summed E-state index contributed by atoms with van der Waals surface area (Å²) in [4.78, 5) is 0. The van der Waals surface area contributed by atoms with Gasteiger partial charge < -0.3 is 4.74 Å². The highest BCUT2D eigenvalue weighted by atomic mass is 35.5. The Morgan fingerprint density at radius 3 is 2.94 bits per heavy atom. The number of halogens is 1. The largest absolute Gasteiger partial charge is 0.369 e. The maximum atomic E-state index is 6.32. The average Bonchev–Trinajstić information content (AvgIpc) is 2.31. The third-order valence-electron chi connectivity index (χ3n) is 2.64. The number of terminal acetylenes is 1. The average molecular weight is 251 g/mol. The first-order valence-corrected chi connectivity index (χ1v) is 6.40. The summed E-state index contributed by atoms with van der Waals surface area (Å²) in [7, 11) is 0. The van der Waals surface area contributed by atoms with Crippen LogP contribution in [0.3, 0.4) is 0 Å². The van der Waals surface area contributed by atoms with E-state index in [1.54, 1.807) is 6.08 Å². The molecule has 0 aromatic heterocycles. The number of rotatable bonds is 3. The normalized spacial score (nSPS) is 32.2.